The van der Waals surface area contributed by atoms with Crippen molar-refractivity contribution in [2.45, 2.75) is 6.92 Å². The standard InChI is InChI=1S/C16H12O3/c1-10-2-3-12-9-15(19-16(18)14(12)8-10)11-4-6-13(17)7-5-11/h2-9,17H,1H3. The lowest BCUT2D eigenvalue weighted by atomic mass is 10.1. The summed E-state index contributed by atoms with van der Waals surface area (Å²) in [6, 6.07) is 14.1. The predicted octanol–water partition coefficient (Wildman–Crippen LogP) is 3.47. The van der Waals surface area contributed by atoms with E-state index in [0.717, 1.165) is 16.5 Å². The molecule has 0 fully saturated rings. The summed E-state index contributed by atoms with van der Waals surface area (Å²) >= 11 is 0. The highest BCUT2D eigenvalue weighted by Gasteiger charge is 2.06. The number of fused-ring (bicyclic) bond motifs is 1. The number of hydrogen-bond acceptors (Lipinski definition) is 3. The molecule has 0 unspecified atom stereocenters. The molecule has 3 heteroatoms. The van der Waals surface area contributed by atoms with Crippen LogP contribution in [0.15, 0.2) is 57.7 Å². The molecule has 0 radical (unpaired) electrons. The molecule has 2 aromatic carbocycles. The molecule has 19 heavy (non-hydrogen) atoms. The van der Waals surface area contributed by atoms with Gasteiger partial charge in [0.1, 0.15) is 11.5 Å². The van der Waals surface area contributed by atoms with E-state index in [0.29, 0.717) is 11.1 Å². The number of aromatic hydroxyl groups is 1. The van der Waals surface area contributed by atoms with Gasteiger partial charge >= 0.3 is 5.63 Å². The third-order valence-electron chi connectivity index (χ3n) is 3.07. The normalized spacial score (nSPS) is 10.8. The summed E-state index contributed by atoms with van der Waals surface area (Å²) < 4.78 is 5.33. The van der Waals surface area contributed by atoms with Gasteiger partial charge in [0.05, 0.1) is 5.39 Å². The van der Waals surface area contributed by atoms with Crippen LogP contribution in [0.2, 0.25) is 0 Å². The minimum absolute atomic E-state index is 0.183. The maximum Gasteiger partial charge on any atom is 0.344 e. The van der Waals surface area contributed by atoms with Crippen LogP contribution in [0.3, 0.4) is 0 Å². The van der Waals surface area contributed by atoms with Crippen molar-refractivity contribution in [2.75, 3.05) is 0 Å². The summed E-state index contributed by atoms with van der Waals surface area (Å²) in [6.07, 6.45) is 0. The van der Waals surface area contributed by atoms with Crippen molar-refractivity contribution in [1.82, 2.24) is 0 Å². The summed E-state index contributed by atoms with van der Waals surface area (Å²) in [5.41, 5.74) is 1.44. The Kier molecular flexibility index (Phi) is 2.60. The van der Waals surface area contributed by atoms with Crippen LogP contribution in [-0.4, -0.2) is 5.11 Å². The highest BCUT2D eigenvalue weighted by molar-refractivity contribution is 5.84. The first kappa shape index (κ1) is 11.5. The van der Waals surface area contributed by atoms with Gasteiger partial charge in [0.15, 0.2) is 0 Å². The van der Waals surface area contributed by atoms with E-state index < -0.39 is 0 Å². The van der Waals surface area contributed by atoms with E-state index in [2.05, 4.69) is 0 Å². The van der Waals surface area contributed by atoms with Crippen LogP contribution < -0.4 is 5.63 Å². The van der Waals surface area contributed by atoms with Gasteiger partial charge in [0.2, 0.25) is 0 Å². The molecule has 3 rings (SSSR count). The Bertz CT molecular complexity index is 798. The summed E-state index contributed by atoms with van der Waals surface area (Å²) in [7, 11) is 0. The average Bonchev–Trinajstić information content (AvgIpc) is 2.40. The van der Waals surface area contributed by atoms with Gasteiger partial charge in [-0.15, -0.1) is 0 Å². The van der Waals surface area contributed by atoms with Gasteiger partial charge < -0.3 is 9.52 Å². The second kappa shape index (κ2) is 4.28. The summed E-state index contributed by atoms with van der Waals surface area (Å²) in [5.74, 6) is 0.684. The lowest BCUT2D eigenvalue weighted by molar-refractivity contribution is 0.475. The largest absolute Gasteiger partial charge is 0.508 e. The number of hydrogen-bond donors (Lipinski definition) is 1. The molecule has 0 saturated carbocycles. The van der Waals surface area contributed by atoms with E-state index in [-0.39, 0.29) is 11.4 Å². The second-order valence-electron chi connectivity index (χ2n) is 4.54. The van der Waals surface area contributed by atoms with Gasteiger partial charge in [-0.1, -0.05) is 17.7 Å². The van der Waals surface area contributed by atoms with Crippen molar-refractivity contribution >= 4 is 10.8 Å². The van der Waals surface area contributed by atoms with Crippen LogP contribution in [0.1, 0.15) is 5.56 Å². The molecule has 0 amide bonds. The first-order chi connectivity index (χ1) is 9.13. The number of phenols is 1. The average molecular weight is 252 g/mol. The minimum Gasteiger partial charge on any atom is -0.508 e. The molecular formula is C16H12O3. The van der Waals surface area contributed by atoms with Crippen LogP contribution in [-0.2, 0) is 0 Å². The van der Waals surface area contributed by atoms with Crippen molar-refractivity contribution < 1.29 is 9.52 Å². The van der Waals surface area contributed by atoms with Crippen LogP contribution in [0.4, 0.5) is 0 Å². The summed E-state index contributed by atoms with van der Waals surface area (Å²) in [4.78, 5) is 12.0. The van der Waals surface area contributed by atoms with Gasteiger partial charge in [-0.05, 0) is 48.7 Å². The number of rotatable bonds is 1. The molecule has 0 bridgehead atoms. The lowest BCUT2D eigenvalue weighted by Gasteiger charge is -2.03. The van der Waals surface area contributed by atoms with Crippen LogP contribution in [0, 0.1) is 6.92 Å². The Labute approximate surface area is 109 Å². The van der Waals surface area contributed by atoms with Gasteiger partial charge in [0.25, 0.3) is 0 Å². The van der Waals surface area contributed by atoms with Crippen LogP contribution >= 0.6 is 0 Å². The summed E-state index contributed by atoms with van der Waals surface area (Å²) in [6.45, 7) is 1.94. The molecule has 1 aromatic heterocycles. The van der Waals surface area contributed by atoms with Crippen molar-refractivity contribution in [1.29, 1.82) is 0 Å². The Morgan fingerprint density at radius 1 is 1.00 bits per heavy atom. The third kappa shape index (κ3) is 2.10. The highest BCUT2D eigenvalue weighted by Crippen LogP contribution is 2.24. The van der Waals surface area contributed by atoms with Crippen molar-refractivity contribution in [2.24, 2.45) is 0 Å². The molecule has 0 spiro atoms. The molecular weight excluding hydrogens is 240 g/mol. The first-order valence-corrected chi connectivity index (χ1v) is 5.97. The maximum atomic E-state index is 12.0. The fourth-order valence-corrected chi connectivity index (χ4v) is 2.07. The quantitative estimate of drug-likeness (QED) is 0.721. The SMILES string of the molecule is Cc1ccc2cc(-c3ccc(O)cc3)oc(=O)c2c1. The van der Waals surface area contributed by atoms with E-state index in [4.69, 9.17) is 4.42 Å². The summed E-state index contributed by atoms with van der Waals surface area (Å²) in [5, 5.41) is 10.7. The Balaban J connectivity index is 2.24. The molecule has 0 saturated heterocycles. The van der Waals surface area contributed by atoms with Gasteiger partial charge in [-0.2, -0.15) is 0 Å². The molecule has 0 atom stereocenters. The first-order valence-electron chi connectivity index (χ1n) is 5.97. The predicted molar refractivity (Wildman–Crippen MR) is 74.3 cm³/mol. The zero-order chi connectivity index (χ0) is 13.4. The second-order valence-corrected chi connectivity index (χ2v) is 4.54. The molecule has 0 aliphatic rings. The Morgan fingerprint density at radius 2 is 1.74 bits per heavy atom. The Morgan fingerprint density at radius 3 is 2.47 bits per heavy atom. The van der Waals surface area contributed by atoms with Crippen LogP contribution in [0.25, 0.3) is 22.1 Å². The Hall–Kier alpha value is -2.55. The molecule has 0 aliphatic carbocycles. The number of benzene rings is 2. The fraction of sp³-hybridized carbons (Fsp3) is 0.0625. The third-order valence-corrected chi connectivity index (χ3v) is 3.07. The monoisotopic (exact) mass is 252 g/mol. The number of aryl methyl sites for hydroxylation is 1. The molecule has 1 heterocycles. The fourth-order valence-electron chi connectivity index (χ4n) is 2.07. The zero-order valence-corrected chi connectivity index (χ0v) is 10.4. The van der Waals surface area contributed by atoms with Crippen LogP contribution in [0.5, 0.6) is 5.75 Å². The number of phenolic OH excluding ortho intramolecular Hbond substituents is 1. The van der Waals surface area contributed by atoms with Crippen molar-refractivity contribution in [3.8, 4) is 17.1 Å². The van der Waals surface area contributed by atoms with E-state index >= 15 is 0 Å². The van der Waals surface area contributed by atoms with E-state index in [1.165, 1.54) is 0 Å². The van der Waals surface area contributed by atoms with E-state index in [9.17, 15) is 9.90 Å². The van der Waals surface area contributed by atoms with Gasteiger partial charge in [-0.3, -0.25) is 0 Å². The van der Waals surface area contributed by atoms with Gasteiger partial charge in [0, 0.05) is 5.56 Å². The van der Waals surface area contributed by atoms with E-state index in [1.807, 2.05) is 31.2 Å². The molecule has 1 N–H and O–H groups in total. The zero-order valence-electron chi connectivity index (χ0n) is 10.4. The van der Waals surface area contributed by atoms with Crippen molar-refractivity contribution in [3.05, 3.63) is 64.5 Å². The topological polar surface area (TPSA) is 50.4 Å². The maximum absolute atomic E-state index is 12.0. The molecule has 0 aliphatic heterocycles. The molecule has 3 aromatic rings. The van der Waals surface area contributed by atoms with E-state index in [1.54, 1.807) is 24.3 Å². The molecule has 94 valence electrons. The lowest BCUT2D eigenvalue weighted by Crippen LogP contribution is -2.00. The highest BCUT2D eigenvalue weighted by atomic mass is 16.4. The van der Waals surface area contributed by atoms with Gasteiger partial charge in [-0.25, -0.2) is 4.79 Å². The smallest absolute Gasteiger partial charge is 0.344 e. The minimum atomic E-state index is -0.343. The van der Waals surface area contributed by atoms with Crippen molar-refractivity contribution in [3.63, 3.8) is 0 Å². The molecule has 3 nitrogen and oxygen atoms in total.